The van der Waals surface area contributed by atoms with Crippen LogP contribution in [0.1, 0.15) is 119 Å². The van der Waals surface area contributed by atoms with Crippen LogP contribution >= 0.6 is 0 Å². The topological polar surface area (TPSA) is 12.0 Å². The normalized spacial score (nSPS) is 47.5. The maximum absolute atomic E-state index is 3.70. The van der Waals surface area contributed by atoms with Gasteiger partial charge in [-0.15, -0.1) is 0 Å². The Labute approximate surface area is 195 Å². The number of fused-ring (bicyclic) bond motifs is 5. The molecule has 0 saturated heterocycles. The molecule has 0 aromatic carbocycles. The van der Waals surface area contributed by atoms with Crippen molar-refractivity contribution in [2.24, 2.45) is 57.7 Å². The van der Waals surface area contributed by atoms with Crippen LogP contribution in [0.25, 0.3) is 0 Å². The predicted molar refractivity (Wildman–Crippen MR) is 135 cm³/mol. The molecule has 4 rings (SSSR count). The molecule has 4 fully saturated rings. The lowest BCUT2D eigenvalue weighted by atomic mass is 9.40. The Balaban J connectivity index is 1.50. The van der Waals surface area contributed by atoms with Gasteiger partial charge in [0.05, 0.1) is 0 Å². The van der Waals surface area contributed by atoms with E-state index in [1.807, 2.05) is 0 Å². The minimum absolute atomic E-state index is 0.441. The minimum atomic E-state index is 0.441. The summed E-state index contributed by atoms with van der Waals surface area (Å²) in [5, 5.41) is 3.70. The van der Waals surface area contributed by atoms with E-state index in [-0.39, 0.29) is 0 Å². The Morgan fingerprint density at radius 3 is 2.13 bits per heavy atom. The summed E-state index contributed by atoms with van der Waals surface area (Å²) in [6.45, 7) is 18.1. The average Bonchev–Trinajstić information content (AvgIpc) is 3.04. The fourth-order valence-corrected chi connectivity index (χ4v) is 10.6. The van der Waals surface area contributed by atoms with E-state index in [0.29, 0.717) is 22.3 Å². The van der Waals surface area contributed by atoms with Crippen molar-refractivity contribution in [2.75, 3.05) is 7.05 Å². The van der Waals surface area contributed by atoms with Crippen molar-refractivity contribution < 1.29 is 0 Å². The van der Waals surface area contributed by atoms with E-state index in [1.165, 1.54) is 64.2 Å². The largest absolute Gasteiger partial charge is 0.316 e. The van der Waals surface area contributed by atoms with Crippen LogP contribution in [0.2, 0.25) is 0 Å². The van der Waals surface area contributed by atoms with Gasteiger partial charge < -0.3 is 5.32 Å². The Bertz CT molecular complexity index is 622. The number of nitrogens with one attached hydrogen (secondary N) is 1. The first kappa shape index (κ1) is 24.1. The smallest absolute Gasteiger partial charge is 0.0118 e. The van der Waals surface area contributed by atoms with E-state index in [2.05, 4.69) is 60.8 Å². The summed E-state index contributed by atoms with van der Waals surface area (Å²) in [6.07, 6.45) is 16.3. The van der Waals surface area contributed by atoms with Crippen LogP contribution in [0.15, 0.2) is 0 Å². The summed E-state index contributed by atoms with van der Waals surface area (Å²) in [7, 11) is 2.20. The molecule has 1 nitrogen and oxygen atoms in total. The van der Waals surface area contributed by atoms with E-state index in [0.717, 1.165) is 41.4 Å². The van der Waals surface area contributed by atoms with Crippen molar-refractivity contribution in [3.8, 4) is 0 Å². The molecular weight excluding hydrogens is 374 g/mol. The van der Waals surface area contributed by atoms with E-state index in [4.69, 9.17) is 0 Å². The lowest BCUT2D eigenvalue weighted by Gasteiger charge is -2.65. The first-order valence-corrected chi connectivity index (χ1v) is 14.2. The van der Waals surface area contributed by atoms with Crippen molar-refractivity contribution in [3.05, 3.63) is 0 Å². The molecule has 9 unspecified atom stereocenters. The summed E-state index contributed by atoms with van der Waals surface area (Å²) in [4.78, 5) is 0. The van der Waals surface area contributed by atoms with Crippen molar-refractivity contribution in [3.63, 3.8) is 0 Å². The van der Waals surface area contributed by atoms with Crippen LogP contribution in [0, 0.1) is 57.7 Å². The Kier molecular flexibility index (Phi) is 6.71. The second kappa shape index (κ2) is 8.63. The van der Waals surface area contributed by atoms with Crippen LogP contribution in [0.5, 0.6) is 0 Å². The molecule has 0 spiro atoms. The van der Waals surface area contributed by atoms with Gasteiger partial charge in [0.1, 0.15) is 0 Å². The summed E-state index contributed by atoms with van der Waals surface area (Å²) in [5.41, 5.74) is 1.66. The zero-order valence-corrected chi connectivity index (χ0v) is 22.4. The Hall–Kier alpha value is -0.0400. The van der Waals surface area contributed by atoms with Gasteiger partial charge in [0.2, 0.25) is 0 Å². The van der Waals surface area contributed by atoms with Gasteiger partial charge in [-0.05, 0) is 116 Å². The minimum Gasteiger partial charge on any atom is -0.316 e. The summed E-state index contributed by atoms with van der Waals surface area (Å²) in [5.74, 6) is 6.74. The van der Waals surface area contributed by atoms with Crippen molar-refractivity contribution >= 4 is 0 Å². The quantitative estimate of drug-likeness (QED) is 0.447. The highest BCUT2D eigenvalue weighted by Gasteiger charge is 2.63. The molecule has 0 amide bonds. The predicted octanol–water partition coefficient (Wildman–Crippen LogP) is 8.33. The molecule has 4 aliphatic rings. The molecule has 0 bridgehead atoms. The summed E-state index contributed by atoms with van der Waals surface area (Å²) in [6, 6.07) is 0.707. The number of hydrogen-bond acceptors (Lipinski definition) is 1. The third-order valence-corrected chi connectivity index (χ3v) is 12.2. The molecule has 4 saturated carbocycles. The molecule has 9 atom stereocenters. The van der Waals surface area contributed by atoms with Gasteiger partial charge >= 0.3 is 0 Å². The van der Waals surface area contributed by atoms with Crippen LogP contribution in [-0.4, -0.2) is 13.1 Å². The first-order valence-electron chi connectivity index (χ1n) is 14.2. The van der Waals surface area contributed by atoms with Gasteiger partial charge in [-0.2, -0.15) is 0 Å². The maximum atomic E-state index is 3.70. The first-order chi connectivity index (χ1) is 14.6. The Morgan fingerprint density at radius 1 is 0.774 bits per heavy atom. The molecule has 0 heterocycles. The number of hydrogen-bond donors (Lipinski definition) is 1. The highest BCUT2D eigenvalue weighted by Crippen LogP contribution is 2.70. The van der Waals surface area contributed by atoms with Crippen molar-refractivity contribution in [2.45, 2.75) is 125 Å². The van der Waals surface area contributed by atoms with Gasteiger partial charge in [0, 0.05) is 6.04 Å². The van der Waals surface area contributed by atoms with Crippen LogP contribution in [0.3, 0.4) is 0 Å². The molecule has 180 valence electrons. The molecule has 0 aromatic heterocycles. The van der Waals surface area contributed by atoms with Crippen LogP contribution in [-0.2, 0) is 0 Å². The fourth-order valence-electron chi connectivity index (χ4n) is 10.6. The van der Waals surface area contributed by atoms with E-state index in [1.54, 1.807) is 6.42 Å². The Morgan fingerprint density at radius 2 is 1.45 bits per heavy atom. The molecule has 0 aromatic rings. The van der Waals surface area contributed by atoms with E-state index >= 15 is 0 Å². The lowest BCUT2D eigenvalue weighted by Crippen LogP contribution is -2.61. The number of rotatable bonds is 6. The van der Waals surface area contributed by atoms with E-state index < -0.39 is 0 Å². The third kappa shape index (κ3) is 3.85. The molecule has 31 heavy (non-hydrogen) atoms. The van der Waals surface area contributed by atoms with E-state index in [9.17, 15) is 0 Å². The lowest BCUT2D eigenvalue weighted by molar-refractivity contribution is -0.154. The molecule has 1 heteroatoms. The highest BCUT2D eigenvalue weighted by atomic mass is 14.9. The molecule has 0 aliphatic heterocycles. The highest BCUT2D eigenvalue weighted by molar-refractivity contribution is 5.13. The monoisotopic (exact) mass is 429 g/mol. The van der Waals surface area contributed by atoms with Gasteiger partial charge in [-0.25, -0.2) is 0 Å². The standard InChI is InChI=1S/C30H55N/c1-20(2)10-9-11-21(3)23-13-14-24-22-12-15-26-28(4,5)27(31-8)17-19-30(26,7)25(22)16-18-29(23,24)6/h20-27,31H,9-19H2,1-8H3. The van der Waals surface area contributed by atoms with Gasteiger partial charge in [0.25, 0.3) is 0 Å². The molecule has 4 aliphatic carbocycles. The molecule has 0 radical (unpaired) electrons. The SMILES string of the molecule is CNC1CCC2(C)C3CCC4(C)C(C(C)CCCC(C)C)CCC4C3CCC2C1(C)C. The summed E-state index contributed by atoms with van der Waals surface area (Å²) < 4.78 is 0. The van der Waals surface area contributed by atoms with Crippen LogP contribution < -0.4 is 5.32 Å². The molecule has 1 N–H and O–H groups in total. The van der Waals surface area contributed by atoms with Gasteiger partial charge in [0.15, 0.2) is 0 Å². The second-order valence-electron chi connectivity index (χ2n) is 14.2. The summed E-state index contributed by atoms with van der Waals surface area (Å²) >= 11 is 0. The van der Waals surface area contributed by atoms with Crippen LogP contribution in [0.4, 0.5) is 0 Å². The zero-order chi connectivity index (χ0) is 22.6. The van der Waals surface area contributed by atoms with Gasteiger partial charge in [-0.1, -0.05) is 67.7 Å². The average molecular weight is 430 g/mol. The fraction of sp³-hybridized carbons (Fsp3) is 1.00. The van der Waals surface area contributed by atoms with Crippen molar-refractivity contribution in [1.29, 1.82) is 0 Å². The van der Waals surface area contributed by atoms with Crippen molar-refractivity contribution in [1.82, 2.24) is 5.32 Å². The third-order valence-electron chi connectivity index (χ3n) is 12.2. The van der Waals surface area contributed by atoms with Gasteiger partial charge in [-0.3, -0.25) is 0 Å². The maximum Gasteiger partial charge on any atom is 0.0118 e. The molecular formula is C30H55N. The zero-order valence-electron chi connectivity index (χ0n) is 22.4. The second-order valence-corrected chi connectivity index (χ2v) is 14.2.